The molecule has 0 amide bonds. The highest BCUT2D eigenvalue weighted by Gasteiger charge is 2.16. The van der Waals surface area contributed by atoms with Gasteiger partial charge in [-0.25, -0.2) is 4.39 Å². The minimum Gasteiger partial charge on any atom is -0.207 e. The molecule has 1 aromatic rings. The lowest BCUT2D eigenvalue weighted by atomic mass is 9.87. The van der Waals surface area contributed by atoms with Gasteiger partial charge in [0.15, 0.2) is 0 Å². The van der Waals surface area contributed by atoms with Crippen molar-refractivity contribution in [3.63, 3.8) is 0 Å². The third-order valence-electron chi connectivity index (χ3n) is 2.27. The van der Waals surface area contributed by atoms with Crippen molar-refractivity contribution in [2.75, 3.05) is 5.33 Å². The summed E-state index contributed by atoms with van der Waals surface area (Å²) in [6, 6.07) is 5.35. The summed E-state index contributed by atoms with van der Waals surface area (Å²) in [6.07, 6.45) is 0.972. The molecule has 0 bridgehead atoms. The molecule has 0 fully saturated rings. The van der Waals surface area contributed by atoms with Gasteiger partial charge in [-0.15, -0.1) is 0 Å². The van der Waals surface area contributed by atoms with E-state index in [1.807, 2.05) is 12.1 Å². The molecule has 1 rings (SSSR count). The predicted octanol–water partition coefficient (Wildman–Crippen LogP) is 4.10. The van der Waals surface area contributed by atoms with Crippen LogP contribution in [0, 0.1) is 18.2 Å². The van der Waals surface area contributed by atoms with Gasteiger partial charge >= 0.3 is 0 Å². The number of rotatable bonds is 3. The molecular weight excluding hydrogens is 243 g/mol. The van der Waals surface area contributed by atoms with Crippen molar-refractivity contribution in [2.45, 2.75) is 27.2 Å². The Hall–Kier alpha value is -0.370. The summed E-state index contributed by atoms with van der Waals surface area (Å²) in [6.45, 7) is 6.20. The molecule has 2 heteroatoms. The standard InChI is InChI=1S/C12H16BrF/c1-9-6-10(4-5-11(9)14)7-12(2,3)8-13/h4-6H,7-8H2,1-3H3. The number of halogens is 2. The Labute approximate surface area is 93.7 Å². The number of benzene rings is 1. The molecule has 14 heavy (non-hydrogen) atoms. The average Bonchev–Trinajstić information content (AvgIpc) is 2.11. The Kier molecular flexibility index (Phi) is 3.71. The molecule has 0 radical (unpaired) electrons. The van der Waals surface area contributed by atoms with E-state index in [2.05, 4.69) is 29.8 Å². The molecule has 0 saturated carbocycles. The zero-order chi connectivity index (χ0) is 10.8. The van der Waals surface area contributed by atoms with Crippen LogP contribution in [-0.4, -0.2) is 5.33 Å². The zero-order valence-corrected chi connectivity index (χ0v) is 10.5. The van der Waals surface area contributed by atoms with Crippen LogP contribution in [0.4, 0.5) is 4.39 Å². The van der Waals surface area contributed by atoms with Crippen molar-refractivity contribution in [1.82, 2.24) is 0 Å². The van der Waals surface area contributed by atoms with Gasteiger partial charge < -0.3 is 0 Å². The first-order valence-corrected chi connectivity index (χ1v) is 5.88. The average molecular weight is 259 g/mol. The normalized spacial score (nSPS) is 11.8. The van der Waals surface area contributed by atoms with Crippen LogP contribution in [0.3, 0.4) is 0 Å². The highest BCUT2D eigenvalue weighted by atomic mass is 79.9. The summed E-state index contributed by atoms with van der Waals surface area (Å²) in [7, 11) is 0. The minimum atomic E-state index is -0.120. The summed E-state index contributed by atoms with van der Waals surface area (Å²) in [5.41, 5.74) is 2.16. The van der Waals surface area contributed by atoms with Crippen LogP contribution >= 0.6 is 15.9 Å². The number of aryl methyl sites for hydroxylation is 1. The Morgan fingerprint density at radius 3 is 2.50 bits per heavy atom. The van der Waals surface area contributed by atoms with E-state index in [1.165, 1.54) is 5.56 Å². The predicted molar refractivity (Wildman–Crippen MR) is 62.4 cm³/mol. The second-order valence-corrected chi connectivity index (χ2v) is 5.12. The van der Waals surface area contributed by atoms with E-state index in [9.17, 15) is 4.39 Å². The third-order valence-corrected chi connectivity index (χ3v) is 3.78. The van der Waals surface area contributed by atoms with Crippen LogP contribution in [0.5, 0.6) is 0 Å². The zero-order valence-electron chi connectivity index (χ0n) is 8.90. The van der Waals surface area contributed by atoms with E-state index < -0.39 is 0 Å². The fraction of sp³-hybridized carbons (Fsp3) is 0.500. The largest absolute Gasteiger partial charge is 0.207 e. The summed E-state index contributed by atoms with van der Waals surface area (Å²) < 4.78 is 13.0. The Morgan fingerprint density at radius 2 is 2.00 bits per heavy atom. The fourth-order valence-electron chi connectivity index (χ4n) is 1.42. The van der Waals surface area contributed by atoms with E-state index >= 15 is 0 Å². The Bertz CT molecular complexity index is 318. The molecule has 0 heterocycles. The molecule has 0 aliphatic carbocycles. The molecule has 0 nitrogen and oxygen atoms in total. The van der Waals surface area contributed by atoms with E-state index in [0.717, 1.165) is 17.3 Å². The van der Waals surface area contributed by atoms with Crippen LogP contribution in [0.1, 0.15) is 25.0 Å². The lowest BCUT2D eigenvalue weighted by Crippen LogP contribution is -2.16. The van der Waals surface area contributed by atoms with Gasteiger partial charge in [0.2, 0.25) is 0 Å². The first-order valence-electron chi connectivity index (χ1n) is 4.75. The van der Waals surface area contributed by atoms with Crippen LogP contribution < -0.4 is 0 Å². The highest BCUT2D eigenvalue weighted by Crippen LogP contribution is 2.24. The first-order chi connectivity index (χ1) is 6.44. The maximum atomic E-state index is 13.0. The van der Waals surface area contributed by atoms with E-state index in [-0.39, 0.29) is 11.2 Å². The van der Waals surface area contributed by atoms with Crippen LogP contribution in [0.15, 0.2) is 18.2 Å². The maximum Gasteiger partial charge on any atom is 0.126 e. The van der Waals surface area contributed by atoms with Gasteiger partial charge in [-0.2, -0.15) is 0 Å². The van der Waals surface area contributed by atoms with Gasteiger partial charge in [0, 0.05) is 5.33 Å². The molecule has 78 valence electrons. The topological polar surface area (TPSA) is 0 Å². The van der Waals surface area contributed by atoms with Crippen molar-refractivity contribution in [3.8, 4) is 0 Å². The molecule has 0 N–H and O–H groups in total. The molecule has 0 aromatic heterocycles. The van der Waals surface area contributed by atoms with E-state index in [1.54, 1.807) is 13.0 Å². The number of hydrogen-bond acceptors (Lipinski definition) is 0. The van der Waals surface area contributed by atoms with Crippen molar-refractivity contribution in [2.24, 2.45) is 5.41 Å². The van der Waals surface area contributed by atoms with Crippen LogP contribution in [-0.2, 0) is 6.42 Å². The Morgan fingerprint density at radius 1 is 1.36 bits per heavy atom. The molecule has 0 unspecified atom stereocenters. The van der Waals surface area contributed by atoms with Crippen molar-refractivity contribution >= 4 is 15.9 Å². The summed E-state index contributed by atoms with van der Waals surface area (Å²) in [5, 5.41) is 0.955. The number of hydrogen-bond donors (Lipinski definition) is 0. The van der Waals surface area contributed by atoms with Gasteiger partial charge in [0.1, 0.15) is 5.82 Å². The van der Waals surface area contributed by atoms with Crippen molar-refractivity contribution in [3.05, 3.63) is 35.1 Å². The summed E-state index contributed by atoms with van der Waals surface area (Å²) in [4.78, 5) is 0. The number of alkyl halides is 1. The summed E-state index contributed by atoms with van der Waals surface area (Å²) in [5.74, 6) is -0.120. The SMILES string of the molecule is Cc1cc(CC(C)(C)CBr)ccc1F. The molecule has 1 aromatic carbocycles. The van der Waals surface area contributed by atoms with Gasteiger partial charge in [-0.05, 0) is 36.0 Å². The minimum absolute atomic E-state index is 0.120. The molecule has 0 atom stereocenters. The molecule has 0 spiro atoms. The molecule has 0 saturated heterocycles. The lowest BCUT2D eigenvalue weighted by Gasteiger charge is -2.21. The second kappa shape index (κ2) is 4.43. The van der Waals surface area contributed by atoms with Gasteiger partial charge in [-0.3, -0.25) is 0 Å². The monoisotopic (exact) mass is 258 g/mol. The van der Waals surface area contributed by atoms with E-state index in [4.69, 9.17) is 0 Å². The van der Waals surface area contributed by atoms with Gasteiger partial charge in [-0.1, -0.05) is 41.9 Å². The maximum absolute atomic E-state index is 13.0. The van der Waals surface area contributed by atoms with Crippen LogP contribution in [0.25, 0.3) is 0 Å². The Balaban J connectivity index is 2.83. The highest BCUT2D eigenvalue weighted by molar-refractivity contribution is 9.09. The third kappa shape index (κ3) is 3.09. The molecular formula is C12H16BrF. The smallest absolute Gasteiger partial charge is 0.126 e. The summed E-state index contributed by atoms with van der Waals surface area (Å²) >= 11 is 3.49. The molecule has 0 aliphatic rings. The fourth-order valence-corrected chi connectivity index (χ4v) is 1.61. The lowest BCUT2D eigenvalue weighted by molar-refractivity contribution is 0.424. The van der Waals surface area contributed by atoms with Crippen LogP contribution in [0.2, 0.25) is 0 Å². The van der Waals surface area contributed by atoms with Gasteiger partial charge in [0.25, 0.3) is 0 Å². The second-order valence-electron chi connectivity index (χ2n) is 4.56. The van der Waals surface area contributed by atoms with E-state index in [0.29, 0.717) is 0 Å². The van der Waals surface area contributed by atoms with Crippen molar-refractivity contribution < 1.29 is 4.39 Å². The quantitative estimate of drug-likeness (QED) is 0.717. The first kappa shape index (κ1) is 11.7. The van der Waals surface area contributed by atoms with Gasteiger partial charge in [0.05, 0.1) is 0 Å². The van der Waals surface area contributed by atoms with Crippen molar-refractivity contribution in [1.29, 1.82) is 0 Å². The molecule has 0 aliphatic heterocycles.